The Morgan fingerprint density at radius 3 is 2.67 bits per heavy atom. The van der Waals surface area contributed by atoms with Crippen molar-refractivity contribution < 1.29 is 13.2 Å². The van der Waals surface area contributed by atoms with Gasteiger partial charge in [0, 0.05) is 11.9 Å². The second-order valence-corrected chi connectivity index (χ2v) is 3.82. The Bertz CT molecular complexity index is 610. The number of benzene rings is 1. The van der Waals surface area contributed by atoms with Gasteiger partial charge in [0.05, 0.1) is 11.3 Å². The lowest BCUT2D eigenvalue weighted by molar-refractivity contribution is -0.137. The molecule has 18 heavy (non-hydrogen) atoms. The molecule has 1 aromatic heterocycles. The first kappa shape index (κ1) is 12.5. The van der Waals surface area contributed by atoms with Crippen molar-refractivity contribution in [1.82, 2.24) is 9.55 Å². The molecule has 0 amide bonds. The van der Waals surface area contributed by atoms with E-state index in [0.29, 0.717) is 12.1 Å². The van der Waals surface area contributed by atoms with Gasteiger partial charge in [-0.25, -0.2) is 4.79 Å². The fraction of sp³-hybridized carbons (Fsp3) is 0.250. The molecule has 96 valence electrons. The van der Waals surface area contributed by atoms with Crippen LogP contribution in [0.2, 0.25) is 0 Å². The van der Waals surface area contributed by atoms with Crippen LogP contribution in [0.3, 0.4) is 0 Å². The SMILES string of the molecule is CCc1c[nH]c(=O)n1-c1cccc(C(F)(F)F)c1. The van der Waals surface area contributed by atoms with Crippen LogP contribution in [0.4, 0.5) is 13.2 Å². The second-order valence-electron chi connectivity index (χ2n) is 3.82. The van der Waals surface area contributed by atoms with Crippen LogP contribution in [0.25, 0.3) is 5.69 Å². The average Bonchev–Trinajstić information content (AvgIpc) is 2.69. The van der Waals surface area contributed by atoms with E-state index in [-0.39, 0.29) is 5.69 Å². The monoisotopic (exact) mass is 256 g/mol. The highest BCUT2D eigenvalue weighted by Crippen LogP contribution is 2.30. The van der Waals surface area contributed by atoms with Crippen molar-refractivity contribution in [1.29, 1.82) is 0 Å². The molecule has 0 bridgehead atoms. The maximum Gasteiger partial charge on any atom is 0.416 e. The van der Waals surface area contributed by atoms with E-state index in [2.05, 4.69) is 4.98 Å². The van der Waals surface area contributed by atoms with E-state index in [9.17, 15) is 18.0 Å². The van der Waals surface area contributed by atoms with E-state index in [1.165, 1.54) is 22.9 Å². The highest BCUT2D eigenvalue weighted by Gasteiger charge is 2.30. The largest absolute Gasteiger partial charge is 0.416 e. The van der Waals surface area contributed by atoms with Crippen LogP contribution in [-0.4, -0.2) is 9.55 Å². The molecule has 0 aliphatic carbocycles. The Balaban J connectivity index is 2.58. The predicted molar refractivity (Wildman–Crippen MR) is 60.8 cm³/mol. The Labute approximate surface area is 101 Å². The molecule has 1 heterocycles. The quantitative estimate of drug-likeness (QED) is 0.881. The number of aromatic nitrogens is 2. The van der Waals surface area contributed by atoms with Crippen molar-refractivity contribution in [3.05, 3.63) is 52.2 Å². The van der Waals surface area contributed by atoms with Crippen molar-refractivity contribution in [3.63, 3.8) is 0 Å². The van der Waals surface area contributed by atoms with E-state index in [1.54, 1.807) is 0 Å². The second kappa shape index (κ2) is 4.36. The zero-order valence-corrected chi connectivity index (χ0v) is 9.58. The highest BCUT2D eigenvalue weighted by molar-refractivity contribution is 5.38. The van der Waals surface area contributed by atoms with E-state index < -0.39 is 17.4 Å². The predicted octanol–water partition coefficient (Wildman–Crippen LogP) is 2.75. The molecule has 0 saturated carbocycles. The third-order valence-electron chi connectivity index (χ3n) is 2.65. The summed E-state index contributed by atoms with van der Waals surface area (Å²) >= 11 is 0. The van der Waals surface area contributed by atoms with Crippen molar-refractivity contribution in [2.24, 2.45) is 0 Å². The van der Waals surface area contributed by atoms with Crippen LogP contribution in [0.5, 0.6) is 0 Å². The number of hydrogen-bond acceptors (Lipinski definition) is 1. The third kappa shape index (κ3) is 2.18. The number of halogens is 3. The van der Waals surface area contributed by atoms with Gasteiger partial charge in [-0.1, -0.05) is 13.0 Å². The number of hydrogen-bond donors (Lipinski definition) is 1. The third-order valence-corrected chi connectivity index (χ3v) is 2.65. The van der Waals surface area contributed by atoms with Gasteiger partial charge in [-0.05, 0) is 24.6 Å². The summed E-state index contributed by atoms with van der Waals surface area (Å²) in [5.41, 5.74) is -0.353. The van der Waals surface area contributed by atoms with Gasteiger partial charge in [-0.3, -0.25) is 4.57 Å². The summed E-state index contributed by atoms with van der Waals surface area (Å²) in [4.78, 5) is 14.1. The van der Waals surface area contributed by atoms with Crippen LogP contribution < -0.4 is 5.69 Å². The van der Waals surface area contributed by atoms with E-state index >= 15 is 0 Å². The molecule has 0 unspecified atom stereocenters. The number of aryl methyl sites for hydroxylation is 1. The van der Waals surface area contributed by atoms with Crippen molar-refractivity contribution in [3.8, 4) is 5.69 Å². The number of rotatable bonds is 2. The van der Waals surface area contributed by atoms with Crippen LogP contribution in [-0.2, 0) is 12.6 Å². The van der Waals surface area contributed by atoms with Crippen molar-refractivity contribution in [2.75, 3.05) is 0 Å². The molecule has 0 aliphatic rings. The minimum absolute atomic E-state index is 0.216. The van der Waals surface area contributed by atoms with Crippen LogP contribution in [0, 0.1) is 0 Å². The molecule has 0 atom stereocenters. The average molecular weight is 256 g/mol. The highest BCUT2D eigenvalue weighted by atomic mass is 19.4. The lowest BCUT2D eigenvalue weighted by Gasteiger charge is -2.10. The van der Waals surface area contributed by atoms with Gasteiger partial charge in [-0.15, -0.1) is 0 Å². The lowest BCUT2D eigenvalue weighted by Crippen LogP contribution is -2.17. The first-order valence-electron chi connectivity index (χ1n) is 5.40. The molecule has 2 aromatic rings. The standard InChI is InChI=1S/C12H11F3N2O/c1-2-9-7-16-11(18)17(9)10-5-3-4-8(6-10)12(13,14)15/h3-7H,2H2,1H3,(H,16,18). The summed E-state index contributed by atoms with van der Waals surface area (Å²) in [5, 5.41) is 0. The molecule has 6 heteroatoms. The molecule has 0 aliphatic heterocycles. The summed E-state index contributed by atoms with van der Waals surface area (Å²) in [6, 6.07) is 4.71. The fourth-order valence-corrected chi connectivity index (χ4v) is 1.77. The topological polar surface area (TPSA) is 37.8 Å². The van der Waals surface area contributed by atoms with Crippen molar-refractivity contribution >= 4 is 0 Å². The normalized spacial score (nSPS) is 11.8. The first-order valence-corrected chi connectivity index (χ1v) is 5.40. The number of nitrogens with one attached hydrogen (secondary N) is 1. The Hall–Kier alpha value is -1.98. The summed E-state index contributed by atoms with van der Waals surface area (Å²) < 4.78 is 39.0. The number of aromatic amines is 1. The maximum atomic E-state index is 12.6. The minimum Gasteiger partial charge on any atom is -0.312 e. The maximum absolute atomic E-state index is 12.6. The van der Waals surface area contributed by atoms with Gasteiger partial charge in [0.25, 0.3) is 0 Å². The van der Waals surface area contributed by atoms with Crippen molar-refractivity contribution in [2.45, 2.75) is 19.5 Å². The zero-order chi connectivity index (χ0) is 13.3. The zero-order valence-electron chi connectivity index (χ0n) is 9.58. The fourth-order valence-electron chi connectivity index (χ4n) is 1.77. The van der Waals surface area contributed by atoms with Gasteiger partial charge in [0.2, 0.25) is 0 Å². The summed E-state index contributed by atoms with van der Waals surface area (Å²) in [6.45, 7) is 1.83. The lowest BCUT2D eigenvalue weighted by atomic mass is 10.2. The Kier molecular flexibility index (Phi) is 3.02. The number of imidazole rings is 1. The molecule has 0 saturated heterocycles. The van der Waals surface area contributed by atoms with Gasteiger partial charge >= 0.3 is 11.9 Å². The molecular weight excluding hydrogens is 245 g/mol. The molecule has 3 nitrogen and oxygen atoms in total. The Morgan fingerprint density at radius 2 is 2.06 bits per heavy atom. The molecule has 1 aromatic carbocycles. The number of H-pyrrole nitrogens is 1. The smallest absolute Gasteiger partial charge is 0.312 e. The van der Waals surface area contributed by atoms with Gasteiger partial charge in [0.1, 0.15) is 0 Å². The van der Waals surface area contributed by atoms with Gasteiger partial charge < -0.3 is 4.98 Å². The molecule has 1 N–H and O–H groups in total. The van der Waals surface area contributed by atoms with E-state index in [4.69, 9.17) is 0 Å². The van der Waals surface area contributed by atoms with E-state index in [1.807, 2.05) is 6.92 Å². The van der Waals surface area contributed by atoms with Gasteiger partial charge in [-0.2, -0.15) is 13.2 Å². The minimum atomic E-state index is -4.41. The summed E-state index contributed by atoms with van der Waals surface area (Å²) in [5.74, 6) is 0. The number of nitrogens with zero attached hydrogens (tertiary/aromatic N) is 1. The molecule has 0 radical (unpaired) electrons. The summed E-state index contributed by atoms with van der Waals surface area (Å²) in [6.07, 6.45) is -2.36. The molecule has 0 spiro atoms. The summed E-state index contributed by atoms with van der Waals surface area (Å²) in [7, 11) is 0. The van der Waals surface area contributed by atoms with Crippen LogP contribution in [0.15, 0.2) is 35.3 Å². The van der Waals surface area contributed by atoms with E-state index in [0.717, 1.165) is 12.1 Å². The van der Waals surface area contributed by atoms with Gasteiger partial charge in [0.15, 0.2) is 0 Å². The first-order chi connectivity index (χ1) is 8.43. The van der Waals surface area contributed by atoms with Crippen LogP contribution in [0.1, 0.15) is 18.2 Å². The number of alkyl halides is 3. The molecule has 0 fully saturated rings. The Morgan fingerprint density at radius 1 is 1.33 bits per heavy atom. The molecular formula is C12H11F3N2O. The molecule has 2 rings (SSSR count). The van der Waals surface area contributed by atoms with Crippen LogP contribution >= 0.6 is 0 Å².